The second-order valence-electron chi connectivity index (χ2n) is 4.19. The molecule has 1 N–H and O–H groups in total. The zero-order valence-corrected chi connectivity index (χ0v) is 9.84. The van der Waals surface area contributed by atoms with E-state index in [1.165, 1.54) is 0 Å². The summed E-state index contributed by atoms with van der Waals surface area (Å²) in [4.78, 5) is 0. The maximum atomic E-state index is 9.03. The first-order valence-electron chi connectivity index (χ1n) is 5.92. The number of fused-ring (bicyclic) bond motifs is 1. The zero-order chi connectivity index (χ0) is 12.4. The van der Waals surface area contributed by atoms with E-state index in [1.54, 1.807) is 0 Å². The Morgan fingerprint density at radius 3 is 2.50 bits per heavy atom. The molecule has 90 valence electrons. The van der Waals surface area contributed by atoms with Crippen LogP contribution in [0.25, 0.3) is 11.1 Å². The molecule has 0 fully saturated rings. The Balaban J connectivity index is 2.18. The van der Waals surface area contributed by atoms with Crippen molar-refractivity contribution in [1.82, 2.24) is 0 Å². The average Bonchev–Trinajstić information content (AvgIpc) is 2.47. The molecule has 2 aromatic carbocycles. The molecule has 1 heterocycles. The molecule has 0 atom stereocenters. The molecule has 0 bridgehead atoms. The second kappa shape index (κ2) is 4.53. The first-order valence-corrected chi connectivity index (χ1v) is 5.92. The first kappa shape index (κ1) is 10.8. The third kappa shape index (κ3) is 1.74. The van der Waals surface area contributed by atoms with E-state index in [2.05, 4.69) is 5.16 Å². The van der Waals surface area contributed by atoms with Gasteiger partial charge in [0.2, 0.25) is 0 Å². The summed E-state index contributed by atoms with van der Waals surface area (Å²) in [5, 5.41) is 12.4. The van der Waals surface area contributed by atoms with Gasteiger partial charge in [-0.15, -0.1) is 0 Å². The Kier molecular flexibility index (Phi) is 2.73. The highest BCUT2D eigenvalue weighted by molar-refractivity contribution is 6.05. The molecule has 0 saturated carbocycles. The summed E-state index contributed by atoms with van der Waals surface area (Å²) < 4.78 is 5.75. The highest BCUT2D eigenvalue weighted by Gasteiger charge is 2.20. The van der Waals surface area contributed by atoms with E-state index in [0.29, 0.717) is 18.7 Å². The molecule has 2 aromatic rings. The Hall–Kier alpha value is -2.29. The lowest BCUT2D eigenvalue weighted by Gasteiger charge is -2.21. The van der Waals surface area contributed by atoms with Crippen LogP contribution in [0.15, 0.2) is 53.7 Å². The van der Waals surface area contributed by atoms with E-state index in [-0.39, 0.29) is 0 Å². The van der Waals surface area contributed by atoms with Crippen molar-refractivity contribution in [2.24, 2.45) is 5.16 Å². The van der Waals surface area contributed by atoms with Crippen LogP contribution < -0.4 is 4.74 Å². The van der Waals surface area contributed by atoms with Crippen molar-refractivity contribution in [3.63, 3.8) is 0 Å². The quantitative estimate of drug-likeness (QED) is 0.612. The van der Waals surface area contributed by atoms with E-state index >= 15 is 0 Å². The van der Waals surface area contributed by atoms with Gasteiger partial charge in [-0.1, -0.05) is 47.6 Å². The zero-order valence-electron chi connectivity index (χ0n) is 9.84. The highest BCUT2D eigenvalue weighted by Crippen LogP contribution is 2.36. The smallest absolute Gasteiger partial charge is 0.136 e. The fraction of sp³-hybridized carbons (Fsp3) is 0.133. The van der Waals surface area contributed by atoms with Crippen LogP contribution in [0.2, 0.25) is 0 Å². The molecule has 18 heavy (non-hydrogen) atoms. The number of benzene rings is 2. The molecule has 0 aliphatic carbocycles. The predicted molar refractivity (Wildman–Crippen MR) is 70.3 cm³/mol. The van der Waals surface area contributed by atoms with Crippen molar-refractivity contribution in [3.8, 4) is 16.9 Å². The van der Waals surface area contributed by atoms with Crippen LogP contribution in [-0.4, -0.2) is 17.5 Å². The maximum absolute atomic E-state index is 9.03. The Morgan fingerprint density at radius 2 is 1.72 bits per heavy atom. The summed E-state index contributed by atoms with van der Waals surface area (Å²) in [5.74, 6) is 0.808. The molecule has 3 heteroatoms. The maximum Gasteiger partial charge on any atom is 0.136 e. The first-order chi connectivity index (χ1) is 8.90. The van der Waals surface area contributed by atoms with Gasteiger partial charge in [0, 0.05) is 17.5 Å². The molecule has 0 saturated heterocycles. The molecular formula is C15H13NO2. The minimum Gasteiger partial charge on any atom is -0.492 e. The summed E-state index contributed by atoms with van der Waals surface area (Å²) in [7, 11) is 0. The van der Waals surface area contributed by atoms with Crippen LogP contribution >= 0.6 is 0 Å². The van der Waals surface area contributed by atoms with Crippen molar-refractivity contribution in [2.45, 2.75) is 6.42 Å². The van der Waals surface area contributed by atoms with Crippen molar-refractivity contribution < 1.29 is 9.94 Å². The summed E-state index contributed by atoms with van der Waals surface area (Å²) in [5.41, 5.74) is 3.71. The van der Waals surface area contributed by atoms with Gasteiger partial charge < -0.3 is 9.94 Å². The van der Waals surface area contributed by atoms with Gasteiger partial charge in [-0.25, -0.2) is 0 Å². The van der Waals surface area contributed by atoms with Crippen LogP contribution in [0.1, 0.15) is 12.0 Å². The predicted octanol–water partition coefficient (Wildman–Crippen LogP) is 3.31. The van der Waals surface area contributed by atoms with Gasteiger partial charge in [-0.2, -0.15) is 0 Å². The van der Waals surface area contributed by atoms with Gasteiger partial charge in [0.15, 0.2) is 0 Å². The van der Waals surface area contributed by atoms with Gasteiger partial charge in [-0.3, -0.25) is 0 Å². The van der Waals surface area contributed by atoms with Gasteiger partial charge in [0.25, 0.3) is 0 Å². The number of hydrogen-bond donors (Lipinski definition) is 1. The lowest BCUT2D eigenvalue weighted by Crippen LogP contribution is -2.16. The van der Waals surface area contributed by atoms with Crippen molar-refractivity contribution in [1.29, 1.82) is 0 Å². The number of ether oxygens (including phenoxy) is 1. The normalized spacial score (nSPS) is 16.1. The van der Waals surface area contributed by atoms with Crippen LogP contribution in [0.5, 0.6) is 5.75 Å². The lowest BCUT2D eigenvalue weighted by molar-refractivity contribution is 0.298. The minimum atomic E-state index is 0.552. The summed E-state index contributed by atoms with van der Waals surface area (Å²) in [6.45, 7) is 0.552. The Bertz CT molecular complexity index is 591. The van der Waals surface area contributed by atoms with Crippen molar-refractivity contribution in [3.05, 3.63) is 54.1 Å². The van der Waals surface area contributed by atoms with Gasteiger partial charge in [0.1, 0.15) is 5.75 Å². The molecule has 0 amide bonds. The van der Waals surface area contributed by atoms with E-state index in [9.17, 15) is 0 Å². The Morgan fingerprint density at radius 1 is 0.944 bits per heavy atom. The Labute approximate surface area is 105 Å². The second-order valence-corrected chi connectivity index (χ2v) is 4.19. The molecule has 0 unspecified atom stereocenters. The molecule has 0 aromatic heterocycles. The topological polar surface area (TPSA) is 41.8 Å². The van der Waals surface area contributed by atoms with Gasteiger partial charge >= 0.3 is 0 Å². The van der Waals surface area contributed by atoms with Crippen LogP contribution in [0.4, 0.5) is 0 Å². The standard InChI is InChI=1S/C15H13NO2/c17-16-14-9-10-18-15-12(7-4-8-13(14)15)11-5-2-1-3-6-11/h1-8,17H,9-10H2. The summed E-state index contributed by atoms with van der Waals surface area (Å²) in [6.07, 6.45) is 0.641. The van der Waals surface area contributed by atoms with E-state index in [4.69, 9.17) is 9.94 Å². The number of oxime groups is 1. The fourth-order valence-corrected chi connectivity index (χ4v) is 2.25. The third-order valence-electron chi connectivity index (χ3n) is 3.12. The summed E-state index contributed by atoms with van der Waals surface area (Å²) >= 11 is 0. The molecule has 3 rings (SSSR count). The van der Waals surface area contributed by atoms with E-state index < -0.39 is 0 Å². The molecule has 3 nitrogen and oxygen atoms in total. The molecular weight excluding hydrogens is 226 g/mol. The fourth-order valence-electron chi connectivity index (χ4n) is 2.25. The number of nitrogens with zero attached hydrogens (tertiary/aromatic N) is 1. The van der Waals surface area contributed by atoms with Gasteiger partial charge in [-0.05, 0) is 11.6 Å². The monoisotopic (exact) mass is 239 g/mol. The lowest BCUT2D eigenvalue weighted by atomic mass is 9.96. The van der Waals surface area contributed by atoms with Crippen LogP contribution in [0.3, 0.4) is 0 Å². The SMILES string of the molecule is ON=C1CCOc2c1cccc2-c1ccccc1. The molecule has 1 aliphatic heterocycles. The third-order valence-corrected chi connectivity index (χ3v) is 3.12. The molecule has 0 spiro atoms. The largest absolute Gasteiger partial charge is 0.492 e. The molecule has 1 aliphatic rings. The molecule has 0 radical (unpaired) electrons. The number of hydrogen-bond acceptors (Lipinski definition) is 3. The summed E-state index contributed by atoms with van der Waals surface area (Å²) in [6, 6.07) is 16.0. The number of rotatable bonds is 1. The van der Waals surface area contributed by atoms with E-state index in [0.717, 1.165) is 22.4 Å². The van der Waals surface area contributed by atoms with Crippen LogP contribution in [-0.2, 0) is 0 Å². The van der Waals surface area contributed by atoms with Crippen LogP contribution in [0, 0.1) is 0 Å². The number of para-hydroxylation sites is 1. The average molecular weight is 239 g/mol. The van der Waals surface area contributed by atoms with E-state index in [1.807, 2.05) is 48.5 Å². The highest BCUT2D eigenvalue weighted by atomic mass is 16.5. The van der Waals surface area contributed by atoms with Crippen molar-refractivity contribution >= 4 is 5.71 Å². The van der Waals surface area contributed by atoms with Gasteiger partial charge in [0.05, 0.1) is 12.3 Å². The minimum absolute atomic E-state index is 0.552. The van der Waals surface area contributed by atoms with Crippen molar-refractivity contribution in [2.75, 3.05) is 6.61 Å².